The topological polar surface area (TPSA) is 38.0 Å². The summed E-state index contributed by atoms with van der Waals surface area (Å²) in [7, 11) is 0. The molecule has 3 N–H and O–H groups in total. The normalized spacial score (nSPS) is 42.3. The molecule has 0 unspecified atom stereocenters. The van der Waals surface area contributed by atoms with Crippen molar-refractivity contribution < 1.29 is 0 Å². The molecule has 1 saturated heterocycles. The van der Waals surface area contributed by atoms with Crippen molar-refractivity contribution in [2.75, 3.05) is 13.1 Å². The van der Waals surface area contributed by atoms with Gasteiger partial charge in [-0.1, -0.05) is 0 Å². The van der Waals surface area contributed by atoms with Crippen LogP contribution in [0.25, 0.3) is 0 Å². The van der Waals surface area contributed by atoms with E-state index < -0.39 is 0 Å². The van der Waals surface area contributed by atoms with Crippen LogP contribution < -0.4 is 11.1 Å². The van der Waals surface area contributed by atoms with E-state index in [-0.39, 0.29) is 30.4 Å². The zero-order valence-electron chi connectivity index (χ0n) is 5.80. The Morgan fingerprint density at radius 3 is 2.30 bits per heavy atom. The molecule has 0 radical (unpaired) electrons. The fourth-order valence-corrected chi connectivity index (χ4v) is 1.74. The summed E-state index contributed by atoms with van der Waals surface area (Å²) in [5.74, 6) is 0.808. The van der Waals surface area contributed by atoms with Gasteiger partial charge in [0.2, 0.25) is 0 Å². The number of nitrogens with one attached hydrogen (secondary N) is 1. The highest BCUT2D eigenvalue weighted by molar-refractivity contribution is 5.85. The van der Waals surface area contributed by atoms with Crippen LogP contribution in [0.4, 0.5) is 0 Å². The maximum absolute atomic E-state index is 5.95. The minimum Gasteiger partial charge on any atom is -0.324 e. The molecule has 0 aromatic heterocycles. The van der Waals surface area contributed by atoms with Gasteiger partial charge in [-0.25, -0.2) is 0 Å². The second-order valence-corrected chi connectivity index (χ2v) is 3.10. The number of hydrogen-bond acceptors (Lipinski definition) is 2. The van der Waals surface area contributed by atoms with E-state index in [1.807, 2.05) is 0 Å². The van der Waals surface area contributed by atoms with Crippen molar-refractivity contribution in [3.63, 3.8) is 0 Å². The maximum atomic E-state index is 5.95. The maximum Gasteiger partial charge on any atom is 0.0321 e. The third kappa shape index (κ3) is 1.26. The van der Waals surface area contributed by atoms with Gasteiger partial charge in [-0.15, -0.1) is 24.8 Å². The van der Waals surface area contributed by atoms with Gasteiger partial charge in [0.15, 0.2) is 0 Å². The van der Waals surface area contributed by atoms with E-state index in [0.717, 1.165) is 19.0 Å². The minimum absolute atomic E-state index is 0. The Bertz CT molecular complexity index is 120. The SMILES string of the molecule is Cl.Cl.N[C@]12CC[C@H]1CNC2. The van der Waals surface area contributed by atoms with Crippen LogP contribution in [0.1, 0.15) is 12.8 Å². The molecular weight excluding hydrogens is 171 g/mol. The monoisotopic (exact) mass is 184 g/mol. The number of rotatable bonds is 0. The molecule has 2 atom stereocenters. The van der Waals surface area contributed by atoms with Crippen molar-refractivity contribution in [1.82, 2.24) is 5.32 Å². The first-order chi connectivity index (χ1) is 3.81. The molecule has 1 aliphatic heterocycles. The number of nitrogens with two attached hydrogens (primary N) is 1. The minimum atomic E-state index is 0. The summed E-state index contributed by atoms with van der Waals surface area (Å²) in [4.78, 5) is 0. The zero-order valence-corrected chi connectivity index (χ0v) is 7.43. The largest absolute Gasteiger partial charge is 0.324 e. The van der Waals surface area contributed by atoms with E-state index in [1.165, 1.54) is 12.8 Å². The van der Waals surface area contributed by atoms with E-state index in [9.17, 15) is 0 Å². The molecule has 1 saturated carbocycles. The van der Waals surface area contributed by atoms with Crippen LogP contribution in [0, 0.1) is 5.92 Å². The lowest BCUT2D eigenvalue weighted by atomic mass is 9.70. The van der Waals surface area contributed by atoms with Crippen LogP contribution in [0.5, 0.6) is 0 Å². The summed E-state index contributed by atoms with van der Waals surface area (Å²) >= 11 is 0. The fourth-order valence-electron chi connectivity index (χ4n) is 1.74. The van der Waals surface area contributed by atoms with E-state index in [4.69, 9.17) is 5.73 Å². The average molecular weight is 185 g/mol. The molecule has 2 fully saturated rings. The van der Waals surface area contributed by atoms with Crippen molar-refractivity contribution >= 4 is 24.8 Å². The summed E-state index contributed by atoms with van der Waals surface area (Å²) in [6.07, 6.45) is 2.59. The summed E-state index contributed by atoms with van der Waals surface area (Å²) in [6, 6.07) is 0. The van der Waals surface area contributed by atoms with Gasteiger partial charge in [0, 0.05) is 12.1 Å². The lowest BCUT2D eigenvalue weighted by Crippen LogP contribution is -2.54. The van der Waals surface area contributed by atoms with Crippen LogP contribution in [0.15, 0.2) is 0 Å². The number of fused-ring (bicyclic) bond motifs is 1. The molecule has 2 rings (SSSR count). The van der Waals surface area contributed by atoms with Gasteiger partial charge in [-0.3, -0.25) is 0 Å². The highest BCUT2D eigenvalue weighted by atomic mass is 35.5. The summed E-state index contributed by atoms with van der Waals surface area (Å²) in [5, 5.41) is 3.30. The van der Waals surface area contributed by atoms with Crippen LogP contribution in [0.3, 0.4) is 0 Å². The van der Waals surface area contributed by atoms with Crippen LogP contribution in [-0.4, -0.2) is 18.6 Å². The van der Waals surface area contributed by atoms with Crippen molar-refractivity contribution in [2.24, 2.45) is 11.7 Å². The molecule has 0 aromatic carbocycles. The van der Waals surface area contributed by atoms with Crippen molar-refractivity contribution in [2.45, 2.75) is 18.4 Å². The highest BCUT2D eigenvalue weighted by Crippen LogP contribution is 2.38. The molecule has 1 heterocycles. The molecular formula is C6H14Cl2N2. The van der Waals surface area contributed by atoms with Gasteiger partial charge >= 0.3 is 0 Å². The molecule has 2 nitrogen and oxygen atoms in total. The second kappa shape index (κ2) is 3.26. The van der Waals surface area contributed by atoms with Gasteiger partial charge < -0.3 is 11.1 Å². The summed E-state index contributed by atoms with van der Waals surface area (Å²) in [6.45, 7) is 2.22. The smallest absolute Gasteiger partial charge is 0.0321 e. The van der Waals surface area contributed by atoms with Crippen LogP contribution >= 0.6 is 24.8 Å². The van der Waals surface area contributed by atoms with Crippen molar-refractivity contribution in [1.29, 1.82) is 0 Å². The predicted octanol–water partition coefficient (Wildman–Crippen LogP) is 0.541. The van der Waals surface area contributed by atoms with Gasteiger partial charge in [-0.2, -0.15) is 0 Å². The van der Waals surface area contributed by atoms with E-state index in [2.05, 4.69) is 5.32 Å². The van der Waals surface area contributed by atoms with E-state index >= 15 is 0 Å². The number of hydrogen-bond donors (Lipinski definition) is 2. The average Bonchev–Trinajstić information content (AvgIpc) is 1.94. The van der Waals surface area contributed by atoms with E-state index in [1.54, 1.807) is 0 Å². The fraction of sp³-hybridized carbons (Fsp3) is 1.00. The molecule has 62 valence electrons. The number of halogens is 2. The molecule has 0 amide bonds. The Morgan fingerprint density at radius 2 is 2.10 bits per heavy atom. The third-order valence-electron chi connectivity index (χ3n) is 2.62. The highest BCUT2D eigenvalue weighted by Gasteiger charge is 2.46. The standard InChI is InChI=1S/C6H12N2.2ClH/c7-6-2-1-5(6)3-8-4-6;;/h5,8H,1-4,7H2;2*1H/t5-,6-;;/m0../s1. The quantitative estimate of drug-likeness (QED) is 0.578. The Hall–Kier alpha value is 0.500. The third-order valence-corrected chi connectivity index (χ3v) is 2.62. The Labute approximate surface area is 73.7 Å². The van der Waals surface area contributed by atoms with Gasteiger partial charge in [0.1, 0.15) is 0 Å². The first-order valence-electron chi connectivity index (χ1n) is 3.31. The molecule has 0 aromatic rings. The van der Waals surface area contributed by atoms with Crippen LogP contribution in [-0.2, 0) is 0 Å². The first-order valence-corrected chi connectivity index (χ1v) is 3.31. The van der Waals surface area contributed by atoms with Gasteiger partial charge in [-0.05, 0) is 25.3 Å². The van der Waals surface area contributed by atoms with Crippen molar-refractivity contribution in [3.05, 3.63) is 0 Å². The Balaban J connectivity index is 0.000000405. The molecule has 4 heteroatoms. The van der Waals surface area contributed by atoms with Gasteiger partial charge in [0.25, 0.3) is 0 Å². The van der Waals surface area contributed by atoms with Crippen molar-refractivity contribution in [3.8, 4) is 0 Å². The molecule has 0 spiro atoms. The molecule has 0 bridgehead atoms. The molecule has 2 aliphatic rings. The first kappa shape index (κ1) is 10.5. The Kier molecular flexibility index (Phi) is 3.43. The second-order valence-electron chi connectivity index (χ2n) is 3.10. The summed E-state index contributed by atoms with van der Waals surface area (Å²) in [5.41, 5.74) is 6.17. The van der Waals surface area contributed by atoms with E-state index in [0.29, 0.717) is 0 Å². The molecule has 10 heavy (non-hydrogen) atoms. The lowest BCUT2D eigenvalue weighted by molar-refractivity contribution is 0.189. The predicted molar refractivity (Wildman–Crippen MR) is 47.0 cm³/mol. The van der Waals surface area contributed by atoms with Gasteiger partial charge in [0.05, 0.1) is 0 Å². The van der Waals surface area contributed by atoms with Crippen LogP contribution in [0.2, 0.25) is 0 Å². The summed E-state index contributed by atoms with van der Waals surface area (Å²) < 4.78 is 0. The zero-order chi connectivity index (χ0) is 5.61. The molecule has 1 aliphatic carbocycles. The lowest BCUT2D eigenvalue weighted by Gasteiger charge is -2.40. The Morgan fingerprint density at radius 1 is 1.40 bits per heavy atom.